The monoisotopic (exact) mass is 349 g/mol. The van der Waals surface area contributed by atoms with Crippen molar-refractivity contribution in [1.29, 1.82) is 0 Å². The highest BCUT2D eigenvalue weighted by molar-refractivity contribution is 7.89. The maximum Gasteiger partial charge on any atom is 0.241 e. The number of rotatable bonds is 5. The van der Waals surface area contributed by atoms with Gasteiger partial charge in [0.15, 0.2) is 0 Å². The van der Waals surface area contributed by atoms with Crippen LogP contribution in [0.25, 0.3) is 10.8 Å². The Hall–Kier alpha value is -1.54. The minimum absolute atomic E-state index is 0.275. The van der Waals surface area contributed by atoms with E-state index in [-0.39, 0.29) is 5.54 Å². The molecule has 2 aromatic rings. The maximum absolute atomic E-state index is 12.8. The van der Waals surface area contributed by atoms with Crippen molar-refractivity contribution in [1.82, 2.24) is 14.6 Å². The zero-order valence-electron chi connectivity index (χ0n) is 14.0. The van der Waals surface area contributed by atoms with Crippen molar-refractivity contribution < 1.29 is 13.2 Å². The fourth-order valence-corrected chi connectivity index (χ4v) is 4.39. The lowest BCUT2D eigenvalue weighted by molar-refractivity contribution is -0.00803. The molecule has 0 amide bonds. The predicted octanol–water partition coefficient (Wildman–Crippen LogP) is 1.62. The molecule has 0 bridgehead atoms. The van der Waals surface area contributed by atoms with E-state index in [4.69, 9.17) is 4.74 Å². The summed E-state index contributed by atoms with van der Waals surface area (Å²) in [5.74, 6) is 0. The van der Waals surface area contributed by atoms with E-state index in [9.17, 15) is 8.42 Å². The molecule has 0 saturated carbocycles. The maximum atomic E-state index is 12.8. The van der Waals surface area contributed by atoms with Crippen LogP contribution in [0, 0.1) is 0 Å². The molecule has 1 aliphatic rings. The zero-order chi connectivity index (χ0) is 17.2. The van der Waals surface area contributed by atoms with Crippen molar-refractivity contribution in [2.45, 2.75) is 24.3 Å². The van der Waals surface area contributed by atoms with Gasteiger partial charge in [-0.05, 0) is 26.0 Å². The van der Waals surface area contributed by atoms with Crippen molar-refractivity contribution in [3.05, 3.63) is 36.7 Å². The number of ether oxygens (including phenoxy) is 1. The van der Waals surface area contributed by atoms with E-state index in [1.165, 1.54) is 0 Å². The van der Waals surface area contributed by atoms with Gasteiger partial charge in [-0.2, -0.15) is 0 Å². The molecule has 1 fully saturated rings. The summed E-state index contributed by atoms with van der Waals surface area (Å²) in [5.41, 5.74) is -0.275. The molecule has 1 saturated heterocycles. The standard InChI is InChI=1S/C17H23N3O3S/c1-17(2,20-8-10-23-11-9-20)13-19-24(21,22)16-5-3-4-14-12-18-7-6-15(14)16/h3-7,12,19H,8-11,13H2,1-2H3. The molecule has 1 N–H and O–H groups in total. The van der Waals surface area contributed by atoms with Crippen molar-refractivity contribution >= 4 is 20.8 Å². The number of hydrogen-bond acceptors (Lipinski definition) is 5. The third kappa shape index (κ3) is 3.59. The second-order valence-electron chi connectivity index (χ2n) is 6.59. The Bertz CT molecular complexity index is 809. The number of nitrogens with zero attached hydrogens (tertiary/aromatic N) is 2. The van der Waals surface area contributed by atoms with E-state index in [0.29, 0.717) is 30.0 Å². The van der Waals surface area contributed by atoms with Crippen molar-refractivity contribution in [2.75, 3.05) is 32.8 Å². The Morgan fingerprint density at radius 1 is 1.25 bits per heavy atom. The molecule has 3 rings (SSSR count). The van der Waals surface area contributed by atoms with Crippen LogP contribution in [0.5, 0.6) is 0 Å². The largest absolute Gasteiger partial charge is 0.379 e. The van der Waals surface area contributed by atoms with Gasteiger partial charge in [-0.25, -0.2) is 13.1 Å². The van der Waals surface area contributed by atoms with E-state index < -0.39 is 10.0 Å². The SMILES string of the molecule is CC(C)(CNS(=O)(=O)c1cccc2cnccc12)N1CCOCC1. The normalized spacial score (nSPS) is 17.2. The van der Waals surface area contributed by atoms with E-state index in [2.05, 4.69) is 14.6 Å². The Balaban J connectivity index is 1.80. The summed E-state index contributed by atoms with van der Waals surface area (Å²) >= 11 is 0. The molecule has 0 spiro atoms. The molecule has 0 unspecified atom stereocenters. The summed E-state index contributed by atoms with van der Waals surface area (Å²) in [4.78, 5) is 6.60. The molecule has 2 heterocycles. The minimum atomic E-state index is -3.59. The first-order valence-corrected chi connectivity index (χ1v) is 9.54. The fourth-order valence-electron chi connectivity index (χ4n) is 2.96. The topological polar surface area (TPSA) is 71.5 Å². The van der Waals surface area contributed by atoms with Crippen molar-refractivity contribution in [3.63, 3.8) is 0 Å². The van der Waals surface area contributed by atoms with Crippen LogP contribution < -0.4 is 4.72 Å². The highest BCUT2D eigenvalue weighted by atomic mass is 32.2. The van der Waals surface area contributed by atoms with Crippen LogP contribution >= 0.6 is 0 Å². The molecular formula is C17H23N3O3S. The second kappa shape index (κ2) is 6.76. The van der Waals surface area contributed by atoms with Crippen LogP contribution in [0.4, 0.5) is 0 Å². The first-order valence-electron chi connectivity index (χ1n) is 8.05. The van der Waals surface area contributed by atoms with E-state index in [1.54, 1.807) is 30.6 Å². The van der Waals surface area contributed by atoms with Gasteiger partial charge in [0, 0.05) is 48.3 Å². The highest BCUT2D eigenvalue weighted by Gasteiger charge is 2.30. The van der Waals surface area contributed by atoms with Gasteiger partial charge in [-0.3, -0.25) is 9.88 Å². The summed E-state index contributed by atoms with van der Waals surface area (Å²) in [7, 11) is -3.59. The van der Waals surface area contributed by atoms with Gasteiger partial charge >= 0.3 is 0 Å². The van der Waals surface area contributed by atoms with Gasteiger partial charge in [0.2, 0.25) is 10.0 Å². The molecule has 0 radical (unpaired) electrons. The lowest BCUT2D eigenvalue weighted by Gasteiger charge is -2.40. The number of fused-ring (bicyclic) bond motifs is 1. The molecular weight excluding hydrogens is 326 g/mol. The Kier molecular flexibility index (Phi) is 4.87. The van der Waals surface area contributed by atoms with Gasteiger partial charge in [0.1, 0.15) is 0 Å². The smallest absolute Gasteiger partial charge is 0.241 e. The van der Waals surface area contributed by atoms with E-state index in [0.717, 1.165) is 18.5 Å². The molecule has 1 aliphatic heterocycles. The summed E-state index contributed by atoms with van der Waals surface area (Å²) in [6.45, 7) is 7.45. The quantitative estimate of drug-likeness (QED) is 0.888. The second-order valence-corrected chi connectivity index (χ2v) is 8.32. The number of nitrogens with one attached hydrogen (secondary N) is 1. The van der Waals surface area contributed by atoms with E-state index >= 15 is 0 Å². The third-order valence-corrected chi connectivity index (χ3v) is 5.95. The molecule has 130 valence electrons. The van der Waals surface area contributed by atoms with E-state index in [1.807, 2.05) is 19.9 Å². The van der Waals surface area contributed by atoms with Crippen LogP contribution in [0.15, 0.2) is 41.6 Å². The first kappa shape index (κ1) is 17.3. The number of benzene rings is 1. The van der Waals surface area contributed by atoms with Crippen LogP contribution in [0.3, 0.4) is 0 Å². The van der Waals surface area contributed by atoms with Crippen LogP contribution in [0.2, 0.25) is 0 Å². The molecule has 6 nitrogen and oxygen atoms in total. The lowest BCUT2D eigenvalue weighted by atomic mass is 10.0. The Labute approximate surface area is 142 Å². The summed E-state index contributed by atoms with van der Waals surface area (Å²) in [5, 5.41) is 1.50. The van der Waals surface area contributed by atoms with Gasteiger partial charge in [0.25, 0.3) is 0 Å². The van der Waals surface area contributed by atoms with Crippen molar-refractivity contribution in [2.24, 2.45) is 0 Å². The molecule has 0 atom stereocenters. The summed E-state index contributed by atoms with van der Waals surface area (Å²) < 4.78 is 33.7. The van der Waals surface area contributed by atoms with Gasteiger partial charge in [-0.1, -0.05) is 12.1 Å². The van der Waals surface area contributed by atoms with Gasteiger partial charge in [0.05, 0.1) is 18.1 Å². The van der Waals surface area contributed by atoms with Gasteiger partial charge < -0.3 is 4.74 Å². The van der Waals surface area contributed by atoms with Crippen LogP contribution in [-0.2, 0) is 14.8 Å². The first-order chi connectivity index (χ1) is 11.4. The molecule has 24 heavy (non-hydrogen) atoms. The molecule has 0 aliphatic carbocycles. The zero-order valence-corrected chi connectivity index (χ0v) is 14.8. The number of hydrogen-bond donors (Lipinski definition) is 1. The summed E-state index contributed by atoms with van der Waals surface area (Å²) in [6, 6.07) is 6.97. The van der Waals surface area contributed by atoms with Crippen LogP contribution in [-0.4, -0.2) is 56.7 Å². The Morgan fingerprint density at radius 2 is 2.00 bits per heavy atom. The molecule has 1 aromatic carbocycles. The average molecular weight is 349 g/mol. The predicted molar refractivity (Wildman–Crippen MR) is 93.4 cm³/mol. The number of sulfonamides is 1. The van der Waals surface area contributed by atoms with Gasteiger partial charge in [-0.15, -0.1) is 0 Å². The fraction of sp³-hybridized carbons (Fsp3) is 0.471. The van der Waals surface area contributed by atoms with Crippen molar-refractivity contribution in [3.8, 4) is 0 Å². The van der Waals surface area contributed by atoms with Crippen LogP contribution in [0.1, 0.15) is 13.8 Å². The number of morpholine rings is 1. The third-order valence-electron chi connectivity index (χ3n) is 4.49. The molecule has 1 aromatic heterocycles. The Morgan fingerprint density at radius 3 is 2.75 bits per heavy atom. The highest BCUT2D eigenvalue weighted by Crippen LogP contribution is 2.23. The lowest BCUT2D eigenvalue weighted by Crippen LogP contribution is -2.55. The molecule has 7 heteroatoms. The minimum Gasteiger partial charge on any atom is -0.379 e. The average Bonchev–Trinajstić information content (AvgIpc) is 2.60. The number of pyridine rings is 1. The summed E-state index contributed by atoms with van der Waals surface area (Å²) in [6.07, 6.45) is 3.28. The number of aromatic nitrogens is 1.